The van der Waals surface area contributed by atoms with Crippen LogP contribution in [0.15, 0.2) is 23.1 Å². The fraction of sp³-hybridized carbons (Fsp3) is 0.389. The second-order valence-electron chi connectivity index (χ2n) is 5.34. The van der Waals surface area contributed by atoms with E-state index in [0.29, 0.717) is 33.9 Å². The van der Waals surface area contributed by atoms with E-state index in [1.807, 2.05) is 13.0 Å². The number of carbonyl (C=O) groups excluding carboxylic acids is 2. The predicted molar refractivity (Wildman–Crippen MR) is 105 cm³/mol. The van der Waals surface area contributed by atoms with Gasteiger partial charge in [-0.15, -0.1) is 0 Å². The molecule has 0 atom stereocenters. The van der Waals surface area contributed by atoms with Crippen molar-refractivity contribution in [2.75, 3.05) is 26.9 Å². The van der Waals surface area contributed by atoms with E-state index in [2.05, 4.69) is 0 Å². The Hall–Kier alpha value is -2.06. The number of amides is 1. The largest absolute Gasteiger partial charge is 0.493 e. The minimum Gasteiger partial charge on any atom is -0.493 e. The summed E-state index contributed by atoms with van der Waals surface area (Å²) in [5, 5.41) is 0. The monoisotopic (exact) mass is 395 g/mol. The third kappa shape index (κ3) is 4.98. The number of carbonyl (C=O) groups is 2. The van der Waals surface area contributed by atoms with Crippen molar-refractivity contribution in [1.82, 2.24) is 4.90 Å². The average Bonchev–Trinajstić information content (AvgIpc) is 2.88. The lowest BCUT2D eigenvalue weighted by molar-refractivity contribution is -0.145. The van der Waals surface area contributed by atoms with Crippen LogP contribution in [0, 0.1) is 0 Å². The van der Waals surface area contributed by atoms with Crippen molar-refractivity contribution in [3.8, 4) is 11.5 Å². The number of ether oxygens (including phenoxy) is 3. The highest BCUT2D eigenvalue weighted by atomic mass is 32.2. The molecule has 0 aromatic heterocycles. The molecule has 140 valence electrons. The molecule has 1 saturated heterocycles. The summed E-state index contributed by atoms with van der Waals surface area (Å²) in [6.07, 6.45) is 2.60. The molecule has 26 heavy (non-hydrogen) atoms. The summed E-state index contributed by atoms with van der Waals surface area (Å²) < 4.78 is 16.2. The molecule has 0 N–H and O–H groups in total. The molecule has 1 amide bonds. The Labute approximate surface area is 162 Å². The summed E-state index contributed by atoms with van der Waals surface area (Å²) >= 11 is 6.55. The average molecular weight is 396 g/mol. The first kappa shape index (κ1) is 20.3. The smallest absolute Gasteiger partial charge is 0.344 e. The summed E-state index contributed by atoms with van der Waals surface area (Å²) in [6, 6.07) is 5.24. The van der Waals surface area contributed by atoms with Gasteiger partial charge >= 0.3 is 5.97 Å². The highest BCUT2D eigenvalue weighted by Gasteiger charge is 2.31. The van der Waals surface area contributed by atoms with E-state index < -0.39 is 5.97 Å². The molecule has 0 radical (unpaired) electrons. The zero-order valence-electron chi connectivity index (χ0n) is 14.9. The van der Waals surface area contributed by atoms with Gasteiger partial charge < -0.3 is 14.2 Å². The van der Waals surface area contributed by atoms with Gasteiger partial charge in [0.05, 0.1) is 18.6 Å². The van der Waals surface area contributed by atoms with Crippen molar-refractivity contribution in [3.05, 3.63) is 28.7 Å². The highest BCUT2D eigenvalue weighted by molar-refractivity contribution is 8.26. The van der Waals surface area contributed by atoms with Crippen LogP contribution < -0.4 is 9.47 Å². The van der Waals surface area contributed by atoms with Crippen molar-refractivity contribution in [2.45, 2.75) is 20.3 Å². The normalized spacial score (nSPS) is 15.5. The Kier molecular flexibility index (Phi) is 7.47. The number of hydrogen-bond donors (Lipinski definition) is 0. The Morgan fingerprint density at radius 2 is 2.08 bits per heavy atom. The van der Waals surface area contributed by atoms with Gasteiger partial charge in [-0.1, -0.05) is 37.0 Å². The van der Waals surface area contributed by atoms with Crippen LogP contribution in [0.25, 0.3) is 6.08 Å². The highest BCUT2D eigenvalue weighted by Crippen LogP contribution is 2.34. The molecule has 8 heteroatoms. The van der Waals surface area contributed by atoms with Crippen LogP contribution >= 0.6 is 24.0 Å². The van der Waals surface area contributed by atoms with E-state index in [0.717, 1.165) is 12.0 Å². The molecule has 1 aliphatic heterocycles. The first-order valence-corrected chi connectivity index (χ1v) is 9.44. The van der Waals surface area contributed by atoms with Crippen LogP contribution in [0.5, 0.6) is 11.5 Å². The van der Waals surface area contributed by atoms with Gasteiger partial charge in [-0.2, -0.15) is 0 Å². The quantitative estimate of drug-likeness (QED) is 0.380. The second kappa shape index (κ2) is 9.59. The standard InChI is InChI=1S/C18H21NO5S2/c1-4-8-19-17(21)15(26-18(19)25)10-12-6-7-13(22-3)14(9-12)24-11-16(20)23-5-2/h6-7,9-10H,4-5,8,11H2,1-3H3/b15-10+. The number of rotatable bonds is 8. The SMILES string of the molecule is CCCN1C(=O)/C(=C\c2ccc(OC)c(OCC(=O)OCC)c2)SC1=S. The number of esters is 1. The van der Waals surface area contributed by atoms with Crippen LogP contribution in [0.1, 0.15) is 25.8 Å². The molecule has 2 rings (SSSR count). The Morgan fingerprint density at radius 1 is 1.31 bits per heavy atom. The predicted octanol–water partition coefficient (Wildman–Crippen LogP) is 3.25. The van der Waals surface area contributed by atoms with E-state index in [1.54, 1.807) is 30.0 Å². The maximum Gasteiger partial charge on any atom is 0.344 e. The topological polar surface area (TPSA) is 65.1 Å². The molecule has 1 aromatic rings. The van der Waals surface area contributed by atoms with Gasteiger partial charge in [-0.05, 0) is 37.1 Å². The summed E-state index contributed by atoms with van der Waals surface area (Å²) in [5.41, 5.74) is 0.752. The van der Waals surface area contributed by atoms with Crippen molar-refractivity contribution in [3.63, 3.8) is 0 Å². The maximum atomic E-state index is 12.4. The van der Waals surface area contributed by atoms with E-state index in [4.69, 9.17) is 26.4 Å². The van der Waals surface area contributed by atoms with E-state index in [1.165, 1.54) is 18.9 Å². The lowest BCUT2D eigenvalue weighted by atomic mass is 10.2. The minimum absolute atomic E-state index is 0.0911. The Morgan fingerprint density at radius 3 is 2.73 bits per heavy atom. The van der Waals surface area contributed by atoms with Crippen molar-refractivity contribution < 1.29 is 23.8 Å². The van der Waals surface area contributed by atoms with E-state index >= 15 is 0 Å². The fourth-order valence-electron chi connectivity index (χ4n) is 2.30. The molecule has 0 unspecified atom stereocenters. The van der Waals surface area contributed by atoms with E-state index in [-0.39, 0.29) is 12.5 Å². The molecule has 0 saturated carbocycles. The van der Waals surface area contributed by atoms with Gasteiger partial charge in [-0.3, -0.25) is 9.69 Å². The van der Waals surface area contributed by atoms with Crippen LogP contribution in [0.4, 0.5) is 0 Å². The van der Waals surface area contributed by atoms with Gasteiger partial charge in [0.2, 0.25) is 0 Å². The van der Waals surface area contributed by atoms with E-state index in [9.17, 15) is 9.59 Å². The molecule has 1 fully saturated rings. The zero-order chi connectivity index (χ0) is 19.1. The van der Waals surface area contributed by atoms with Crippen molar-refractivity contribution in [2.24, 2.45) is 0 Å². The molecule has 0 aliphatic carbocycles. The molecular weight excluding hydrogens is 374 g/mol. The molecular formula is C18H21NO5S2. The third-order valence-corrected chi connectivity index (χ3v) is 4.83. The zero-order valence-corrected chi connectivity index (χ0v) is 16.6. The minimum atomic E-state index is -0.458. The first-order valence-electron chi connectivity index (χ1n) is 8.22. The molecule has 1 heterocycles. The summed E-state index contributed by atoms with van der Waals surface area (Å²) in [5.74, 6) is 0.343. The second-order valence-corrected chi connectivity index (χ2v) is 7.01. The summed E-state index contributed by atoms with van der Waals surface area (Å²) in [6.45, 7) is 4.41. The Bertz CT molecular complexity index is 732. The number of benzene rings is 1. The van der Waals surface area contributed by atoms with Gasteiger partial charge in [0.1, 0.15) is 4.32 Å². The van der Waals surface area contributed by atoms with Crippen LogP contribution in [-0.4, -0.2) is 48.0 Å². The molecule has 6 nitrogen and oxygen atoms in total. The number of hydrogen-bond acceptors (Lipinski definition) is 7. The lowest BCUT2D eigenvalue weighted by Gasteiger charge is -2.12. The number of nitrogens with zero attached hydrogens (tertiary/aromatic N) is 1. The summed E-state index contributed by atoms with van der Waals surface area (Å²) in [7, 11) is 1.52. The number of thiocarbonyl (C=S) groups is 1. The third-order valence-electron chi connectivity index (χ3n) is 3.46. The van der Waals surface area contributed by atoms with Crippen LogP contribution in [0.2, 0.25) is 0 Å². The lowest BCUT2D eigenvalue weighted by Crippen LogP contribution is -2.28. The molecule has 1 aromatic carbocycles. The van der Waals surface area contributed by atoms with Gasteiger partial charge in [0.15, 0.2) is 18.1 Å². The van der Waals surface area contributed by atoms with Crippen molar-refractivity contribution >= 4 is 46.3 Å². The number of methoxy groups -OCH3 is 1. The summed E-state index contributed by atoms with van der Waals surface area (Å²) in [4.78, 5) is 26.1. The van der Waals surface area contributed by atoms with Crippen LogP contribution in [-0.2, 0) is 14.3 Å². The fourth-order valence-corrected chi connectivity index (χ4v) is 3.61. The molecule has 0 spiro atoms. The molecule has 1 aliphatic rings. The van der Waals surface area contributed by atoms with Gasteiger partial charge in [-0.25, -0.2) is 4.79 Å². The Balaban J connectivity index is 2.20. The molecule has 0 bridgehead atoms. The first-order chi connectivity index (χ1) is 12.5. The van der Waals surface area contributed by atoms with Gasteiger partial charge in [0.25, 0.3) is 5.91 Å². The maximum absolute atomic E-state index is 12.4. The van der Waals surface area contributed by atoms with Crippen molar-refractivity contribution in [1.29, 1.82) is 0 Å². The van der Waals surface area contributed by atoms with Crippen LogP contribution in [0.3, 0.4) is 0 Å². The number of thioether (sulfide) groups is 1. The van der Waals surface area contributed by atoms with Gasteiger partial charge in [0, 0.05) is 6.54 Å².